The molecule has 1 atom stereocenters. The molecule has 0 radical (unpaired) electrons. The van der Waals surface area contributed by atoms with Crippen LogP contribution in [0.5, 0.6) is 0 Å². The Labute approximate surface area is 165 Å². The second-order valence-corrected chi connectivity index (χ2v) is 8.30. The van der Waals surface area contributed by atoms with Gasteiger partial charge in [0.2, 0.25) is 5.91 Å². The molecule has 138 valence electrons. The average molecular weight is 398 g/mol. The number of nitrogens with zero attached hydrogens (tertiary/aromatic N) is 2. The molecule has 1 aromatic heterocycles. The van der Waals surface area contributed by atoms with E-state index in [4.69, 9.17) is 0 Å². The van der Waals surface area contributed by atoms with Crippen LogP contribution in [0.3, 0.4) is 0 Å². The maximum atomic E-state index is 12.6. The van der Waals surface area contributed by atoms with Crippen LogP contribution in [0.4, 0.5) is 5.69 Å². The molecule has 27 heavy (non-hydrogen) atoms. The summed E-state index contributed by atoms with van der Waals surface area (Å²) in [6.07, 6.45) is 0. The zero-order valence-corrected chi connectivity index (χ0v) is 16.6. The average Bonchev–Trinajstić information content (AvgIpc) is 2.66. The van der Waals surface area contributed by atoms with Crippen molar-refractivity contribution in [3.63, 3.8) is 0 Å². The Morgan fingerprint density at radius 1 is 1.00 bits per heavy atom. The monoisotopic (exact) mass is 397 g/mol. The van der Waals surface area contributed by atoms with Gasteiger partial charge < -0.3 is 9.87 Å². The van der Waals surface area contributed by atoms with Crippen LogP contribution in [0.2, 0.25) is 0 Å². The van der Waals surface area contributed by atoms with Crippen molar-refractivity contribution in [1.82, 2.24) is 9.97 Å². The number of hydrogen-bond acceptors (Lipinski definition) is 5. The Bertz CT molecular complexity index is 915. The summed E-state index contributed by atoms with van der Waals surface area (Å²) in [4.78, 5) is 22.2. The maximum Gasteiger partial charge on any atom is 0.234 e. The van der Waals surface area contributed by atoms with E-state index < -0.39 is 11.2 Å². The molecular formula is C20H19N3O2S2. The summed E-state index contributed by atoms with van der Waals surface area (Å²) in [5.41, 5.74) is 2.37. The number of carbonyl (C=O) groups is 1. The zero-order chi connectivity index (χ0) is 19.2. The normalized spacial score (nSPS) is 11.8. The highest BCUT2D eigenvalue weighted by Crippen LogP contribution is 2.23. The smallest absolute Gasteiger partial charge is 0.234 e. The summed E-state index contributed by atoms with van der Waals surface area (Å²) in [5, 5.41) is 3.42. The highest BCUT2D eigenvalue weighted by molar-refractivity contribution is 7.99. The van der Waals surface area contributed by atoms with Crippen molar-refractivity contribution in [2.24, 2.45) is 0 Å². The summed E-state index contributed by atoms with van der Waals surface area (Å²) in [7, 11) is 0. The van der Waals surface area contributed by atoms with Gasteiger partial charge in [0.15, 0.2) is 14.9 Å². The minimum atomic E-state index is -1.29. The number of amides is 1. The standard InChI is InChI=1S/C20H19N3O2S2/c1-14-11-15(2)22-20(21-14)26-13-19(24)23-16-7-6-10-18(12-16)27(25)17-8-4-3-5-9-17/h3-12H,13H2,1-2H3,(H,23,24). The molecule has 1 unspecified atom stereocenters. The first-order valence-electron chi connectivity index (χ1n) is 8.33. The molecule has 1 N–H and O–H groups in total. The fourth-order valence-electron chi connectivity index (χ4n) is 2.45. The van der Waals surface area contributed by atoms with Crippen LogP contribution in [0.1, 0.15) is 11.4 Å². The lowest BCUT2D eigenvalue weighted by molar-refractivity contribution is -0.113. The minimum Gasteiger partial charge on any atom is -0.606 e. The number of rotatable bonds is 6. The number of benzene rings is 2. The predicted molar refractivity (Wildman–Crippen MR) is 108 cm³/mol. The number of hydrogen-bond donors (Lipinski definition) is 1. The summed E-state index contributed by atoms with van der Waals surface area (Å²) < 4.78 is 12.6. The SMILES string of the molecule is Cc1cc(C)nc(SCC(=O)Nc2cccc([S+]([O-])c3ccccc3)c2)n1. The molecule has 0 fully saturated rings. The Balaban J connectivity index is 1.63. The zero-order valence-electron chi connectivity index (χ0n) is 15.0. The van der Waals surface area contributed by atoms with Crippen molar-refractivity contribution < 1.29 is 9.35 Å². The van der Waals surface area contributed by atoms with E-state index in [2.05, 4.69) is 15.3 Å². The second kappa shape index (κ2) is 9.03. The number of thioether (sulfide) groups is 1. The van der Waals surface area contributed by atoms with Crippen molar-refractivity contribution in [1.29, 1.82) is 0 Å². The van der Waals surface area contributed by atoms with Gasteiger partial charge >= 0.3 is 0 Å². The third-order valence-electron chi connectivity index (χ3n) is 3.58. The van der Waals surface area contributed by atoms with Crippen LogP contribution in [0, 0.1) is 13.8 Å². The van der Waals surface area contributed by atoms with E-state index in [1.165, 1.54) is 11.8 Å². The van der Waals surface area contributed by atoms with Gasteiger partial charge in [-0.15, -0.1) is 0 Å². The summed E-state index contributed by atoms with van der Waals surface area (Å²) in [6, 6.07) is 18.2. The van der Waals surface area contributed by atoms with Gasteiger partial charge in [0.25, 0.3) is 0 Å². The van der Waals surface area contributed by atoms with E-state index in [1.807, 2.05) is 50.2 Å². The molecule has 3 aromatic rings. The van der Waals surface area contributed by atoms with Gasteiger partial charge in [0.1, 0.15) is 0 Å². The van der Waals surface area contributed by atoms with Crippen molar-refractivity contribution >= 4 is 34.5 Å². The fourth-order valence-corrected chi connectivity index (χ4v) is 4.32. The van der Waals surface area contributed by atoms with E-state index in [9.17, 15) is 9.35 Å². The van der Waals surface area contributed by atoms with Crippen molar-refractivity contribution in [2.45, 2.75) is 28.8 Å². The number of aryl methyl sites for hydroxylation is 2. The molecule has 1 heterocycles. The largest absolute Gasteiger partial charge is 0.606 e. The van der Waals surface area contributed by atoms with Gasteiger partial charge in [-0.05, 0) is 44.2 Å². The number of carbonyl (C=O) groups excluding carboxylic acids is 1. The summed E-state index contributed by atoms with van der Waals surface area (Å²) in [5.74, 6) is 0.0416. The van der Waals surface area contributed by atoms with Crippen molar-refractivity contribution in [3.05, 3.63) is 72.1 Å². The molecule has 0 bridgehead atoms. The molecule has 5 nitrogen and oxygen atoms in total. The molecule has 0 saturated carbocycles. The van der Waals surface area contributed by atoms with E-state index in [0.29, 0.717) is 15.7 Å². The van der Waals surface area contributed by atoms with Gasteiger partial charge in [0.05, 0.1) is 5.75 Å². The Morgan fingerprint density at radius 3 is 2.37 bits per heavy atom. The first-order valence-corrected chi connectivity index (χ1v) is 10.5. The van der Waals surface area contributed by atoms with Crippen LogP contribution in [-0.4, -0.2) is 26.2 Å². The minimum absolute atomic E-state index is 0.162. The number of anilines is 1. The van der Waals surface area contributed by atoms with Crippen LogP contribution < -0.4 is 5.32 Å². The second-order valence-electron chi connectivity index (χ2n) is 5.88. The first-order chi connectivity index (χ1) is 13.0. The quantitative estimate of drug-likeness (QED) is 0.387. The topological polar surface area (TPSA) is 77.9 Å². The molecule has 2 aromatic carbocycles. The van der Waals surface area contributed by atoms with E-state index in [0.717, 1.165) is 16.3 Å². The van der Waals surface area contributed by atoms with Crippen LogP contribution in [0.25, 0.3) is 0 Å². The van der Waals surface area contributed by atoms with Crippen LogP contribution in [-0.2, 0) is 16.0 Å². The highest BCUT2D eigenvalue weighted by Gasteiger charge is 2.15. The molecule has 7 heteroatoms. The van der Waals surface area contributed by atoms with Crippen LogP contribution >= 0.6 is 11.8 Å². The van der Waals surface area contributed by atoms with Gasteiger partial charge in [-0.2, -0.15) is 0 Å². The first kappa shape index (κ1) is 19.4. The Morgan fingerprint density at radius 2 is 1.67 bits per heavy atom. The van der Waals surface area contributed by atoms with Crippen molar-refractivity contribution in [3.8, 4) is 0 Å². The van der Waals surface area contributed by atoms with Gasteiger partial charge in [-0.3, -0.25) is 4.79 Å². The number of nitrogens with one attached hydrogen (secondary N) is 1. The molecular weight excluding hydrogens is 378 g/mol. The summed E-state index contributed by atoms with van der Waals surface area (Å²) >= 11 is 0.00208. The highest BCUT2D eigenvalue weighted by atomic mass is 32.2. The van der Waals surface area contributed by atoms with E-state index in [-0.39, 0.29) is 11.7 Å². The van der Waals surface area contributed by atoms with Gasteiger partial charge in [-0.1, -0.05) is 36.0 Å². The Hall–Kier alpha value is -2.35. The number of aromatic nitrogens is 2. The van der Waals surface area contributed by atoms with E-state index in [1.54, 1.807) is 24.3 Å². The third kappa shape index (κ3) is 5.56. The van der Waals surface area contributed by atoms with Crippen molar-refractivity contribution in [2.75, 3.05) is 11.1 Å². The Kier molecular flexibility index (Phi) is 6.49. The molecule has 0 aliphatic heterocycles. The fraction of sp³-hybridized carbons (Fsp3) is 0.150. The molecule has 1 amide bonds. The third-order valence-corrected chi connectivity index (χ3v) is 5.81. The van der Waals surface area contributed by atoms with E-state index >= 15 is 0 Å². The van der Waals surface area contributed by atoms with Gasteiger partial charge in [-0.25, -0.2) is 9.97 Å². The lowest BCUT2D eigenvalue weighted by Crippen LogP contribution is -2.15. The lowest BCUT2D eigenvalue weighted by Gasteiger charge is -2.11. The predicted octanol–water partition coefficient (Wildman–Crippen LogP) is 3.99. The molecule has 0 aliphatic rings. The van der Waals surface area contributed by atoms with Crippen LogP contribution in [0.15, 0.2) is 75.6 Å². The molecule has 3 rings (SSSR count). The molecule has 0 spiro atoms. The maximum absolute atomic E-state index is 12.6. The molecule has 0 saturated heterocycles. The van der Waals surface area contributed by atoms with Gasteiger partial charge in [0, 0.05) is 34.3 Å². The summed E-state index contributed by atoms with van der Waals surface area (Å²) in [6.45, 7) is 3.80. The molecule has 0 aliphatic carbocycles. The lowest BCUT2D eigenvalue weighted by atomic mass is 10.3.